The van der Waals surface area contributed by atoms with Crippen LogP contribution in [0.2, 0.25) is 0 Å². The van der Waals surface area contributed by atoms with Gasteiger partial charge in [0, 0.05) is 18.5 Å². The van der Waals surface area contributed by atoms with Crippen LogP contribution in [0, 0.1) is 3.82 Å². The molecule has 2 heterocycles. The van der Waals surface area contributed by atoms with E-state index >= 15 is 0 Å². The summed E-state index contributed by atoms with van der Waals surface area (Å²) in [5.74, 6) is -0.410. The van der Waals surface area contributed by atoms with E-state index in [2.05, 4.69) is 4.98 Å². The van der Waals surface area contributed by atoms with Crippen LogP contribution in [0.5, 0.6) is 5.06 Å². The second kappa shape index (κ2) is 4.61. The van der Waals surface area contributed by atoms with E-state index in [0.29, 0.717) is 14.5 Å². The molecule has 0 spiro atoms. The number of ether oxygens (including phenoxy) is 1. The Morgan fingerprint density at radius 3 is 2.93 bits per heavy atom. The lowest BCUT2D eigenvalue weighted by Crippen LogP contribution is -2.07. The summed E-state index contributed by atoms with van der Waals surface area (Å²) < 4.78 is 5.82. The molecule has 15 heavy (non-hydrogen) atoms. The number of aromatic nitrogens is 1. The second-order valence-corrected chi connectivity index (χ2v) is 5.45. The Morgan fingerprint density at radius 1 is 1.47 bits per heavy atom. The van der Waals surface area contributed by atoms with Gasteiger partial charge in [0.25, 0.3) is 0 Å². The zero-order valence-corrected chi connectivity index (χ0v) is 9.82. The summed E-state index contributed by atoms with van der Waals surface area (Å²) in [6.45, 7) is 0. The fourth-order valence-corrected chi connectivity index (χ4v) is 2.95. The topological polar surface area (TPSA) is 39.2 Å². The van der Waals surface area contributed by atoms with E-state index in [1.165, 1.54) is 26.9 Å². The number of carbonyl (C=O) groups is 1. The number of hydrogen-bond donors (Lipinski definition) is 0. The molecule has 0 saturated carbocycles. The third-order valence-corrected chi connectivity index (χ3v) is 4.23. The SMILES string of the molecule is O=C(Oc1cc(=S)ss1)c1cccnc1. The second-order valence-electron chi connectivity index (χ2n) is 2.58. The van der Waals surface area contributed by atoms with Crippen molar-refractivity contribution in [3.05, 3.63) is 40.0 Å². The summed E-state index contributed by atoms with van der Waals surface area (Å²) in [5.41, 5.74) is 0.432. The van der Waals surface area contributed by atoms with Crippen molar-refractivity contribution in [2.75, 3.05) is 0 Å². The van der Waals surface area contributed by atoms with Crippen molar-refractivity contribution in [3.63, 3.8) is 0 Å². The molecule has 0 fully saturated rings. The molecular formula is C9H5NO2S3. The number of nitrogens with zero attached hydrogens (tertiary/aromatic N) is 1. The van der Waals surface area contributed by atoms with Crippen LogP contribution in [0.25, 0.3) is 0 Å². The zero-order valence-electron chi connectivity index (χ0n) is 7.38. The molecule has 0 aliphatic heterocycles. The van der Waals surface area contributed by atoms with Crippen LogP contribution < -0.4 is 4.74 Å². The van der Waals surface area contributed by atoms with Gasteiger partial charge < -0.3 is 4.74 Å². The molecule has 2 aromatic heterocycles. The Kier molecular flexibility index (Phi) is 3.20. The first kappa shape index (κ1) is 10.4. The lowest BCUT2D eigenvalue weighted by atomic mass is 10.3. The van der Waals surface area contributed by atoms with E-state index < -0.39 is 5.97 Å². The van der Waals surface area contributed by atoms with Crippen molar-refractivity contribution in [2.24, 2.45) is 0 Å². The molecule has 0 aliphatic carbocycles. The standard InChI is InChI=1S/C9H5NO2S3/c11-9(6-2-1-3-10-5-6)12-7-4-8(13)15-14-7/h1-5H. The Labute approximate surface area is 98.4 Å². The van der Waals surface area contributed by atoms with Crippen LogP contribution in [0.15, 0.2) is 30.6 Å². The number of carbonyl (C=O) groups excluding carboxylic acids is 1. The first-order chi connectivity index (χ1) is 7.25. The Hall–Kier alpha value is -1.11. The molecule has 0 unspecified atom stereocenters. The maximum Gasteiger partial charge on any atom is 0.345 e. The fraction of sp³-hybridized carbons (Fsp3) is 0. The average molecular weight is 255 g/mol. The minimum absolute atomic E-state index is 0.410. The predicted molar refractivity (Wildman–Crippen MR) is 62.2 cm³/mol. The first-order valence-electron chi connectivity index (χ1n) is 3.98. The molecule has 0 aromatic carbocycles. The third-order valence-electron chi connectivity index (χ3n) is 1.53. The maximum absolute atomic E-state index is 11.5. The molecule has 2 aromatic rings. The van der Waals surface area contributed by atoms with Gasteiger partial charge in [-0.15, -0.1) is 0 Å². The van der Waals surface area contributed by atoms with Crippen LogP contribution in [0.4, 0.5) is 0 Å². The van der Waals surface area contributed by atoms with Crippen molar-refractivity contribution in [3.8, 4) is 5.06 Å². The lowest BCUT2D eigenvalue weighted by molar-refractivity contribution is 0.0740. The highest BCUT2D eigenvalue weighted by atomic mass is 32.9. The number of pyridine rings is 1. The van der Waals surface area contributed by atoms with Crippen molar-refractivity contribution in [1.29, 1.82) is 0 Å². The van der Waals surface area contributed by atoms with Crippen LogP contribution in [0.3, 0.4) is 0 Å². The normalized spacial score (nSPS) is 9.87. The Balaban J connectivity index is 2.14. The maximum atomic E-state index is 11.5. The van der Waals surface area contributed by atoms with Gasteiger partial charge in [0.1, 0.15) is 3.82 Å². The molecule has 6 heteroatoms. The van der Waals surface area contributed by atoms with Gasteiger partial charge in [-0.2, -0.15) is 0 Å². The number of hydrogen-bond acceptors (Lipinski definition) is 6. The van der Waals surface area contributed by atoms with E-state index in [9.17, 15) is 4.79 Å². The van der Waals surface area contributed by atoms with Gasteiger partial charge in [0.2, 0.25) is 0 Å². The third kappa shape index (κ3) is 2.68. The predicted octanol–water partition coefficient (Wildman–Crippen LogP) is 3.15. The van der Waals surface area contributed by atoms with E-state index in [1.54, 1.807) is 24.4 Å². The smallest absolute Gasteiger partial charge is 0.345 e. The van der Waals surface area contributed by atoms with E-state index in [0.717, 1.165) is 0 Å². The van der Waals surface area contributed by atoms with Gasteiger partial charge in [-0.3, -0.25) is 4.98 Å². The minimum Gasteiger partial charge on any atom is -0.411 e. The molecule has 0 amide bonds. The highest BCUT2D eigenvalue weighted by Crippen LogP contribution is 2.26. The molecule has 3 nitrogen and oxygen atoms in total. The highest BCUT2D eigenvalue weighted by molar-refractivity contribution is 7.79. The average Bonchev–Trinajstić information content (AvgIpc) is 2.65. The van der Waals surface area contributed by atoms with E-state index in [1.807, 2.05) is 0 Å². The van der Waals surface area contributed by atoms with Gasteiger partial charge in [0.15, 0.2) is 5.06 Å². The Bertz CT molecular complexity index is 517. The van der Waals surface area contributed by atoms with Crippen LogP contribution >= 0.6 is 32.9 Å². The van der Waals surface area contributed by atoms with Gasteiger partial charge in [-0.25, -0.2) is 4.79 Å². The van der Waals surface area contributed by atoms with Crippen molar-refractivity contribution >= 4 is 38.9 Å². The molecule has 0 atom stereocenters. The quantitative estimate of drug-likeness (QED) is 0.469. The largest absolute Gasteiger partial charge is 0.411 e. The summed E-state index contributed by atoms with van der Waals surface area (Å²) in [7, 11) is 2.75. The van der Waals surface area contributed by atoms with E-state index in [4.69, 9.17) is 17.0 Å². The molecular weight excluding hydrogens is 250 g/mol. The van der Waals surface area contributed by atoms with Crippen molar-refractivity contribution < 1.29 is 9.53 Å². The van der Waals surface area contributed by atoms with Gasteiger partial charge >= 0.3 is 5.97 Å². The van der Waals surface area contributed by atoms with Crippen molar-refractivity contribution in [1.82, 2.24) is 4.98 Å². The molecule has 0 radical (unpaired) electrons. The van der Waals surface area contributed by atoms with E-state index in [-0.39, 0.29) is 0 Å². The van der Waals surface area contributed by atoms with Gasteiger partial charge in [-0.05, 0) is 22.5 Å². The lowest BCUT2D eigenvalue weighted by Gasteiger charge is -1.99. The van der Waals surface area contributed by atoms with Crippen LogP contribution in [0.1, 0.15) is 10.4 Å². The zero-order chi connectivity index (χ0) is 10.7. The number of esters is 1. The molecule has 0 aliphatic rings. The summed E-state index contributed by atoms with van der Waals surface area (Å²) in [5, 5.41) is 0.527. The monoisotopic (exact) mass is 255 g/mol. The molecule has 0 saturated heterocycles. The van der Waals surface area contributed by atoms with Crippen LogP contribution in [-0.2, 0) is 0 Å². The molecule has 2 rings (SSSR count). The minimum atomic E-state index is -0.410. The van der Waals surface area contributed by atoms with Crippen LogP contribution in [-0.4, -0.2) is 11.0 Å². The van der Waals surface area contributed by atoms with Gasteiger partial charge in [-0.1, -0.05) is 22.6 Å². The summed E-state index contributed by atoms with van der Waals surface area (Å²) >= 11 is 4.93. The Morgan fingerprint density at radius 2 is 2.33 bits per heavy atom. The highest BCUT2D eigenvalue weighted by Gasteiger charge is 2.09. The molecule has 0 bridgehead atoms. The first-order valence-corrected chi connectivity index (χ1v) is 6.54. The molecule has 76 valence electrons. The van der Waals surface area contributed by atoms with Crippen molar-refractivity contribution in [2.45, 2.75) is 0 Å². The fourth-order valence-electron chi connectivity index (χ4n) is 0.907. The summed E-state index contributed by atoms with van der Waals surface area (Å²) in [6, 6.07) is 5.01. The summed E-state index contributed by atoms with van der Waals surface area (Å²) in [6.07, 6.45) is 3.07. The molecule has 0 N–H and O–H groups in total. The van der Waals surface area contributed by atoms with Gasteiger partial charge in [0.05, 0.1) is 5.56 Å². The number of rotatable bonds is 2. The summed E-state index contributed by atoms with van der Waals surface area (Å²) in [4.78, 5) is 15.4.